The van der Waals surface area contributed by atoms with Gasteiger partial charge in [0, 0.05) is 18.9 Å². The first-order valence-corrected chi connectivity index (χ1v) is 12.0. The number of benzene rings is 1. The summed E-state index contributed by atoms with van der Waals surface area (Å²) in [5.74, 6) is -0.633. The fourth-order valence-electron chi connectivity index (χ4n) is 2.61. The van der Waals surface area contributed by atoms with Crippen molar-refractivity contribution in [3.05, 3.63) is 35.9 Å². The lowest BCUT2D eigenvalue weighted by Gasteiger charge is -2.21. The molecule has 1 aromatic carbocycles. The highest BCUT2D eigenvalue weighted by Crippen LogP contribution is 2.11. The Hall–Kier alpha value is -2.69. The molecule has 10 nitrogen and oxygen atoms in total. The lowest BCUT2D eigenvalue weighted by Crippen LogP contribution is -2.38. The zero-order valence-electron chi connectivity index (χ0n) is 22.4. The van der Waals surface area contributed by atoms with Gasteiger partial charge < -0.3 is 35.5 Å². The minimum absolute atomic E-state index is 0.0944. The summed E-state index contributed by atoms with van der Waals surface area (Å²) in [5, 5.41) is 20.4. The Morgan fingerprint density at radius 1 is 0.861 bits per heavy atom. The van der Waals surface area contributed by atoms with E-state index in [0.717, 1.165) is 5.56 Å². The van der Waals surface area contributed by atoms with Crippen LogP contribution in [0.2, 0.25) is 0 Å². The third-order valence-corrected chi connectivity index (χ3v) is 4.25. The molecule has 2 atom stereocenters. The largest absolute Gasteiger partial charge is 0.460 e. The molecule has 10 heteroatoms. The van der Waals surface area contributed by atoms with Gasteiger partial charge in [0.1, 0.15) is 17.8 Å². The third-order valence-electron chi connectivity index (χ3n) is 4.25. The first kappa shape index (κ1) is 33.3. The number of amides is 1. The molecule has 0 aliphatic rings. The minimum Gasteiger partial charge on any atom is -0.460 e. The number of aliphatic hydroxyl groups excluding tert-OH is 2. The molecule has 0 saturated carbocycles. The van der Waals surface area contributed by atoms with Gasteiger partial charge in [-0.3, -0.25) is 9.59 Å². The Morgan fingerprint density at radius 2 is 1.36 bits per heavy atom. The average Bonchev–Trinajstić information content (AvgIpc) is 2.77. The second-order valence-electron chi connectivity index (χ2n) is 10.3. The fraction of sp³-hybridized carbons (Fsp3) is 0.654. The summed E-state index contributed by atoms with van der Waals surface area (Å²) in [7, 11) is 0. The average molecular weight is 513 g/mol. The number of carbonyl (C=O) groups excluding carboxylic acids is 3. The van der Waals surface area contributed by atoms with E-state index in [9.17, 15) is 19.5 Å². The van der Waals surface area contributed by atoms with E-state index in [1.54, 1.807) is 20.8 Å². The number of carbonyl (C=O) groups is 3. The van der Waals surface area contributed by atoms with Gasteiger partial charge in [0.25, 0.3) is 0 Å². The minimum atomic E-state index is -0.628. The van der Waals surface area contributed by atoms with Crippen LogP contribution in [0.3, 0.4) is 0 Å². The standard InChI is InChI=1S/C17H25NO5.C9H19NO3/c1-17(2,3)23-15(20)10-9-14(11-19)18-16(21)22-12-13-7-5-4-6-8-13;1-9(2,3)13-8(12)5-4-7(10)6-11/h4-8,14,19H,9-12H2,1-3H3,(H,18,21);7,11H,4-6,10H2,1-3H3/t14-;7-/m00/s1. The molecule has 0 radical (unpaired) electrons. The van der Waals surface area contributed by atoms with Crippen molar-refractivity contribution in [1.82, 2.24) is 5.32 Å². The van der Waals surface area contributed by atoms with Gasteiger partial charge in [0.05, 0.1) is 19.3 Å². The first-order chi connectivity index (χ1) is 16.6. The van der Waals surface area contributed by atoms with Crippen LogP contribution < -0.4 is 11.1 Å². The molecule has 0 aliphatic heterocycles. The van der Waals surface area contributed by atoms with E-state index in [1.165, 1.54) is 0 Å². The van der Waals surface area contributed by atoms with Crippen molar-refractivity contribution in [2.24, 2.45) is 5.73 Å². The number of nitrogens with two attached hydrogens (primary N) is 1. The van der Waals surface area contributed by atoms with Gasteiger partial charge in [-0.1, -0.05) is 30.3 Å². The fourth-order valence-corrected chi connectivity index (χ4v) is 2.61. The number of aliphatic hydroxyl groups is 2. The smallest absolute Gasteiger partial charge is 0.407 e. The van der Waals surface area contributed by atoms with Crippen LogP contribution in [0.25, 0.3) is 0 Å². The maximum atomic E-state index is 11.7. The normalized spacial score (nSPS) is 12.9. The Bertz CT molecular complexity index is 772. The Morgan fingerprint density at radius 3 is 1.81 bits per heavy atom. The van der Waals surface area contributed by atoms with Gasteiger partial charge in [-0.2, -0.15) is 0 Å². The lowest BCUT2D eigenvalue weighted by atomic mass is 10.1. The molecule has 0 heterocycles. The third kappa shape index (κ3) is 19.6. The maximum absolute atomic E-state index is 11.7. The molecule has 1 rings (SSSR count). The highest BCUT2D eigenvalue weighted by atomic mass is 16.6. The van der Waals surface area contributed by atoms with Crippen LogP contribution in [0.15, 0.2) is 30.3 Å². The summed E-state index contributed by atoms with van der Waals surface area (Å²) in [6.45, 7) is 10.6. The van der Waals surface area contributed by atoms with Crippen molar-refractivity contribution in [3.63, 3.8) is 0 Å². The van der Waals surface area contributed by atoms with Crippen molar-refractivity contribution in [3.8, 4) is 0 Å². The molecule has 0 bridgehead atoms. The molecular weight excluding hydrogens is 468 g/mol. The molecule has 1 amide bonds. The topological polar surface area (TPSA) is 157 Å². The van der Waals surface area contributed by atoms with Gasteiger partial charge in [-0.25, -0.2) is 4.79 Å². The van der Waals surface area contributed by atoms with E-state index in [0.29, 0.717) is 6.42 Å². The van der Waals surface area contributed by atoms with Gasteiger partial charge in [-0.15, -0.1) is 0 Å². The molecule has 0 unspecified atom stereocenters. The van der Waals surface area contributed by atoms with Crippen LogP contribution in [-0.4, -0.2) is 64.7 Å². The summed E-state index contributed by atoms with van der Waals surface area (Å²) < 4.78 is 15.3. The second-order valence-corrected chi connectivity index (χ2v) is 10.3. The summed E-state index contributed by atoms with van der Waals surface area (Å²) >= 11 is 0. The molecule has 0 saturated heterocycles. The van der Waals surface area contributed by atoms with Crippen molar-refractivity contribution in [2.45, 2.75) is 97.1 Å². The zero-order chi connectivity index (χ0) is 27.8. The molecule has 0 spiro atoms. The van der Waals surface area contributed by atoms with Crippen LogP contribution in [0.5, 0.6) is 0 Å². The van der Waals surface area contributed by atoms with Gasteiger partial charge in [-0.05, 0) is 59.9 Å². The van der Waals surface area contributed by atoms with E-state index < -0.39 is 23.3 Å². The SMILES string of the molecule is CC(C)(C)OC(=O)CC[C@@H](CO)NC(=O)OCc1ccccc1.CC(C)(C)OC(=O)CC[C@H](N)CO. The van der Waals surface area contributed by atoms with E-state index in [4.69, 9.17) is 25.1 Å². The van der Waals surface area contributed by atoms with Crippen LogP contribution in [0, 0.1) is 0 Å². The van der Waals surface area contributed by atoms with E-state index in [-0.39, 0.29) is 57.1 Å². The first-order valence-electron chi connectivity index (χ1n) is 12.0. The molecule has 1 aromatic rings. The Labute approximate surface area is 214 Å². The molecule has 5 N–H and O–H groups in total. The summed E-state index contributed by atoms with van der Waals surface area (Å²) in [4.78, 5) is 34.4. The van der Waals surface area contributed by atoms with Gasteiger partial charge in [0.2, 0.25) is 0 Å². The molecule has 0 aliphatic carbocycles. The summed E-state index contributed by atoms with van der Waals surface area (Å²) in [6.07, 6.45) is 0.495. The predicted octanol–water partition coefficient (Wildman–Crippen LogP) is 2.82. The second kappa shape index (κ2) is 16.9. The number of rotatable bonds is 11. The number of hydrogen-bond acceptors (Lipinski definition) is 9. The van der Waals surface area contributed by atoms with Crippen molar-refractivity contribution < 1.29 is 38.8 Å². The zero-order valence-corrected chi connectivity index (χ0v) is 22.4. The summed E-state index contributed by atoms with van der Waals surface area (Å²) in [6, 6.07) is 8.40. The van der Waals surface area contributed by atoms with Crippen LogP contribution >= 0.6 is 0 Å². The van der Waals surface area contributed by atoms with Crippen molar-refractivity contribution >= 4 is 18.0 Å². The maximum Gasteiger partial charge on any atom is 0.407 e. The van der Waals surface area contributed by atoms with Crippen LogP contribution in [0.4, 0.5) is 4.79 Å². The monoisotopic (exact) mass is 512 g/mol. The Balaban J connectivity index is 0.000000802. The van der Waals surface area contributed by atoms with E-state index >= 15 is 0 Å². The molecule has 0 aromatic heterocycles. The molecule has 36 heavy (non-hydrogen) atoms. The quantitative estimate of drug-likeness (QED) is 0.258. The number of alkyl carbamates (subject to hydrolysis) is 1. The number of esters is 2. The van der Waals surface area contributed by atoms with Crippen molar-refractivity contribution in [2.75, 3.05) is 13.2 Å². The predicted molar refractivity (Wildman–Crippen MR) is 136 cm³/mol. The van der Waals surface area contributed by atoms with Crippen LogP contribution in [-0.2, 0) is 30.4 Å². The lowest BCUT2D eigenvalue weighted by molar-refractivity contribution is -0.156. The van der Waals surface area contributed by atoms with E-state index in [2.05, 4.69) is 5.32 Å². The van der Waals surface area contributed by atoms with Gasteiger partial charge >= 0.3 is 18.0 Å². The number of ether oxygens (including phenoxy) is 3. The van der Waals surface area contributed by atoms with E-state index in [1.807, 2.05) is 51.1 Å². The highest BCUT2D eigenvalue weighted by Gasteiger charge is 2.19. The summed E-state index contributed by atoms with van der Waals surface area (Å²) in [5.41, 5.74) is 5.31. The van der Waals surface area contributed by atoms with Crippen LogP contribution in [0.1, 0.15) is 72.8 Å². The molecule has 206 valence electrons. The Kier molecular flexibility index (Phi) is 15.6. The number of nitrogens with one attached hydrogen (secondary N) is 1. The molecular formula is C26H44N2O8. The highest BCUT2D eigenvalue weighted by molar-refractivity contribution is 5.70. The van der Waals surface area contributed by atoms with Crippen molar-refractivity contribution in [1.29, 1.82) is 0 Å². The molecule has 0 fully saturated rings. The number of hydrogen-bond donors (Lipinski definition) is 4. The van der Waals surface area contributed by atoms with Gasteiger partial charge in [0.15, 0.2) is 0 Å².